The highest BCUT2D eigenvalue weighted by atomic mass is 15.2. The molecular weight excluding hydrogens is 236 g/mol. The molecular formula is C15H20N4. The highest BCUT2D eigenvalue weighted by Crippen LogP contribution is 2.41. The zero-order valence-electron chi connectivity index (χ0n) is 11.3. The number of imidazole rings is 1. The first-order valence-corrected chi connectivity index (χ1v) is 7.38. The monoisotopic (exact) mass is 256 g/mol. The van der Waals surface area contributed by atoms with Crippen LogP contribution in [0.25, 0.3) is 11.0 Å². The first-order valence-electron chi connectivity index (χ1n) is 7.38. The van der Waals surface area contributed by atoms with Crippen LogP contribution in [0.5, 0.6) is 0 Å². The molecule has 0 amide bonds. The molecule has 1 N–H and O–H groups in total. The Kier molecular flexibility index (Phi) is 2.58. The number of pyridine rings is 1. The Balaban J connectivity index is 1.81. The highest BCUT2D eigenvalue weighted by Gasteiger charge is 2.32. The fourth-order valence-corrected chi connectivity index (χ4v) is 3.24. The Bertz CT molecular complexity index is 599. The molecule has 0 radical (unpaired) electrons. The smallest absolute Gasteiger partial charge is 0.127 e. The van der Waals surface area contributed by atoms with E-state index in [4.69, 9.17) is 4.98 Å². The van der Waals surface area contributed by atoms with E-state index >= 15 is 0 Å². The normalized spacial score (nSPS) is 27.8. The number of nitrogens with one attached hydrogen (secondary N) is 1. The van der Waals surface area contributed by atoms with E-state index in [2.05, 4.69) is 27.9 Å². The molecule has 4 rings (SSSR count). The largest absolute Gasteiger partial charge is 0.323 e. The highest BCUT2D eigenvalue weighted by molar-refractivity contribution is 5.75. The molecule has 1 saturated heterocycles. The van der Waals surface area contributed by atoms with Crippen molar-refractivity contribution in [1.29, 1.82) is 0 Å². The van der Waals surface area contributed by atoms with E-state index in [0.717, 1.165) is 18.0 Å². The SMILES string of the molecule is CC1CCNC(c2nc3cnccc3n2C2CC2)C1. The van der Waals surface area contributed by atoms with Crippen LogP contribution in [-0.4, -0.2) is 21.1 Å². The van der Waals surface area contributed by atoms with Gasteiger partial charge in [0, 0.05) is 12.2 Å². The van der Waals surface area contributed by atoms with Gasteiger partial charge in [-0.3, -0.25) is 4.98 Å². The van der Waals surface area contributed by atoms with Gasteiger partial charge in [0.05, 0.1) is 17.8 Å². The Morgan fingerprint density at radius 2 is 2.21 bits per heavy atom. The maximum atomic E-state index is 4.87. The molecule has 1 aliphatic heterocycles. The van der Waals surface area contributed by atoms with E-state index in [1.807, 2.05) is 12.4 Å². The zero-order valence-corrected chi connectivity index (χ0v) is 11.3. The standard InChI is InChI=1S/C15H20N4/c1-10-4-7-17-12(8-10)15-18-13-9-16-6-5-14(13)19(15)11-2-3-11/h5-6,9-12,17H,2-4,7-8H2,1H3. The molecule has 2 aromatic heterocycles. The maximum absolute atomic E-state index is 4.87. The molecule has 2 aromatic rings. The molecule has 1 aliphatic carbocycles. The molecule has 2 aliphatic rings. The molecule has 4 nitrogen and oxygen atoms in total. The van der Waals surface area contributed by atoms with Gasteiger partial charge in [0.15, 0.2) is 0 Å². The molecule has 2 fully saturated rings. The number of nitrogens with zero attached hydrogens (tertiary/aromatic N) is 3. The zero-order chi connectivity index (χ0) is 12.8. The van der Waals surface area contributed by atoms with Crippen molar-refractivity contribution in [2.24, 2.45) is 5.92 Å². The average Bonchev–Trinajstić information content (AvgIpc) is 3.18. The lowest BCUT2D eigenvalue weighted by molar-refractivity contribution is 0.310. The summed E-state index contributed by atoms with van der Waals surface area (Å²) in [5, 5.41) is 3.65. The van der Waals surface area contributed by atoms with Crippen LogP contribution in [0.1, 0.15) is 50.5 Å². The fourth-order valence-electron chi connectivity index (χ4n) is 3.24. The van der Waals surface area contributed by atoms with Crippen molar-refractivity contribution < 1.29 is 0 Å². The van der Waals surface area contributed by atoms with Crippen LogP contribution in [0, 0.1) is 5.92 Å². The quantitative estimate of drug-likeness (QED) is 0.898. The predicted molar refractivity (Wildman–Crippen MR) is 74.9 cm³/mol. The van der Waals surface area contributed by atoms with Crippen LogP contribution in [-0.2, 0) is 0 Å². The van der Waals surface area contributed by atoms with Crippen molar-refractivity contribution in [2.45, 2.75) is 44.7 Å². The molecule has 2 atom stereocenters. The summed E-state index contributed by atoms with van der Waals surface area (Å²) in [6, 6.07) is 3.19. The van der Waals surface area contributed by atoms with E-state index in [1.165, 1.54) is 37.0 Å². The number of piperidine rings is 1. The lowest BCUT2D eigenvalue weighted by Gasteiger charge is -2.28. The van der Waals surface area contributed by atoms with E-state index < -0.39 is 0 Å². The second-order valence-electron chi connectivity index (χ2n) is 6.07. The van der Waals surface area contributed by atoms with E-state index in [9.17, 15) is 0 Å². The second-order valence-corrected chi connectivity index (χ2v) is 6.07. The third-order valence-corrected chi connectivity index (χ3v) is 4.41. The Labute approximate surface area is 113 Å². The third-order valence-electron chi connectivity index (χ3n) is 4.41. The minimum absolute atomic E-state index is 0.414. The summed E-state index contributed by atoms with van der Waals surface area (Å²) in [5.41, 5.74) is 2.30. The van der Waals surface area contributed by atoms with Gasteiger partial charge < -0.3 is 9.88 Å². The first-order chi connectivity index (χ1) is 9.33. The average molecular weight is 256 g/mol. The van der Waals surface area contributed by atoms with Crippen molar-refractivity contribution in [1.82, 2.24) is 19.9 Å². The van der Waals surface area contributed by atoms with Gasteiger partial charge in [0.25, 0.3) is 0 Å². The van der Waals surface area contributed by atoms with Gasteiger partial charge in [-0.25, -0.2) is 4.98 Å². The van der Waals surface area contributed by atoms with Crippen LogP contribution >= 0.6 is 0 Å². The summed E-state index contributed by atoms with van der Waals surface area (Å²) in [6.45, 7) is 3.46. The van der Waals surface area contributed by atoms with Crippen LogP contribution < -0.4 is 5.32 Å². The molecule has 2 unspecified atom stereocenters. The number of hydrogen-bond donors (Lipinski definition) is 1. The van der Waals surface area contributed by atoms with Crippen molar-refractivity contribution in [3.8, 4) is 0 Å². The van der Waals surface area contributed by atoms with Crippen molar-refractivity contribution >= 4 is 11.0 Å². The van der Waals surface area contributed by atoms with E-state index in [1.54, 1.807) is 0 Å². The first kappa shape index (κ1) is 11.4. The molecule has 100 valence electrons. The third kappa shape index (κ3) is 1.94. The van der Waals surface area contributed by atoms with Crippen LogP contribution in [0.3, 0.4) is 0 Å². The van der Waals surface area contributed by atoms with Crippen molar-refractivity contribution in [3.63, 3.8) is 0 Å². The lowest BCUT2D eigenvalue weighted by atomic mass is 9.94. The Morgan fingerprint density at radius 3 is 3.00 bits per heavy atom. The molecule has 0 aromatic carbocycles. The van der Waals surface area contributed by atoms with Gasteiger partial charge in [-0.15, -0.1) is 0 Å². The second kappa shape index (κ2) is 4.30. The van der Waals surface area contributed by atoms with Gasteiger partial charge in [-0.05, 0) is 44.2 Å². The summed E-state index contributed by atoms with van der Waals surface area (Å²) < 4.78 is 2.46. The number of fused-ring (bicyclic) bond motifs is 1. The minimum Gasteiger partial charge on any atom is -0.323 e. The van der Waals surface area contributed by atoms with E-state index in [0.29, 0.717) is 12.1 Å². The summed E-state index contributed by atoms with van der Waals surface area (Å²) in [5.74, 6) is 2.02. The van der Waals surface area contributed by atoms with Crippen molar-refractivity contribution in [2.75, 3.05) is 6.54 Å². The number of hydrogen-bond acceptors (Lipinski definition) is 3. The molecule has 19 heavy (non-hydrogen) atoms. The predicted octanol–water partition coefficient (Wildman–Crippen LogP) is 2.83. The molecule has 0 spiro atoms. The summed E-state index contributed by atoms with van der Waals surface area (Å²) in [7, 11) is 0. The Morgan fingerprint density at radius 1 is 1.32 bits per heavy atom. The molecule has 3 heterocycles. The fraction of sp³-hybridized carbons (Fsp3) is 0.600. The van der Waals surface area contributed by atoms with Crippen molar-refractivity contribution in [3.05, 3.63) is 24.3 Å². The Hall–Kier alpha value is -1.42. The lowest BCUT2D eigenvalue weighted by Crippen LogP contribution is -2.32. The van der Waals surface area contributed by atoms with Gasteiger partial charge in [0.1, 0.15) is 11.3 Å². The maximum Gasteiger partial charge on any atom is 0.127 e. The number of rotatable bonds is 2. The molecule has 1 saturated carbocycles. The van der Waals surface area contributed by atoms with Crippen LogP contribution in [0.15, 0.2) is 18.5 Å². The number of aromatic nitrogens is 3. The summed E-state index contributed by atoms with van der Waals surface area (Å²) >= 11 is 0. The van der Waals surface area contributed by atoms with Gasteiger partial charge in [-0.2, -0.15) is 0 Å². The topological polar surface area (TPSA) is 42.7 Å². The summed E-state index contributed by atoms with van der Waals surface area (Å²) in [6.07, 6.45) is 8.84. The van der Waals surface area contributed by atoms with E-state index in [-0.39, 0.29) is 0 Å². The van der Waals surface area contributed by atoms with Gasteiger partial charge in [0.2, 0.25) is 0 Å². The molecule has 0 bridgehead atoms. The van der Waals surface area contributed by atoms with Crippen LogP contribution in [0.4, 0.5) is 0 Å². The minimum atomic E-state index is 0.414. The van der Waals surface area contributed by atoms with Crippen LogP contribution in [0.2, 0.25) is 0 Å². The van der Waals surface area contributed by atoms with Gasteiger partial charge >= 0.3 is 0 Å². The summed E-state index contributed by atoms with van der Waals surface area (Å²) in [4.78, 5) is 9.08. The van der Waals surface area contributed by atoms with Gasteiger partial charge in [-0.1, -0.05) is 6.92 Å². The molecule has 4 heteroatoms.